The van der Waals surface area contributed by atoms with Gasteiger partial charge < -0.3 is 10.1 Å². The molecule has 0 saturated heterocycles. The molecule has 0 fully saturated rings. The molecule has 0 bridgehead atoms. The zero-order valence-corrected chi connectivity index (χ0v) is 20.4. The molecule has 0 aliphatic rings. The number of benzene rings is 2. The van der Waals surface area contributed by atoms with E-state index in [0.717, 1.165) is 17.7 Å². The zero-order valence-electron chi connectivity index (χ0n) is 20.4. The highest BCUT2D eigenvalue weighted by Crippen LogP contribution is 2.33. The fourth-order valence-corrected chi connectivity index (χ4v) is 4.08. The summed E-state index contributed by atoms with van der Waals surface area (Å²) in [6, 6.07) is 16.3. The highest BCUT2D eigenvalue weighted by atomic mass is 19.4. The van der Waals surface area contributed by atoms with E-state index in [1.165, 1.54) is 12.1 Å². The quantitative estimate of drug-likeness (QED) is 0.347. The average Bonchev–Trinajstić information content (AvgIpc) is 3.22. The van der Waals surface area contributed by atoms with Gasteiger partial charge in [0.05, 0.1) is 23.0 Å². The molecule has 6 nitrogen and oxygen atoms in total. The monoisotopic (exact) mass is 496 g/mol. The Hall–Kier alpha value is -3.88. The molecule has 1 N–H and O–H groups in total. The Morgan fingerprint density at radius 2 is 1.64 bits per heavy atom. The minimum Gasteiger partial charge on any atom is -0.444 e. The Morgan fingerprint density at radius 3 is 2.25 bits per heavy atom. The minimum absolute atomic E-state index is 0.432. The number of alkyl halides is 3. The van der Waals surface area contributed by atoms with Gasteiger partial charge in [0.2, 0.25) is 0 Å². The summed E-state index contributed by atoms with van der Waals surface area (Å²) in [7, 11) is 0. The van der Waals surface area contributed by atoms with E-state index in [-0.39, 0.29) is 0 Å². The second-order valence-electron chi connectivity index (χ2n) is 9.82. The second kappa shape index (κ2) is 9.29. The fourth-order valence-electron chi connectivity index (χ4n) is 4.08. The number of aromatic nitrogens is 3. The molecular formula is C27H27F3N4O2. The molecule has 0 aliphatic heterocycles. The SMILES string of the molecule is CC(C)(C)OC(=O)NC(C)(Cc1ccccc1)c1ccnc2c(-c3ccc(C(F)(F)F)cc3)cnn12. The van der Waals surface area contributed by atoms with E-state index in [4.69, 9.17) is 4.74 Å². The number of amides is 1. The molecule has 1 unspecified atom stereocenters. The van der Waals surface area contributed by atoms with Crippen molar-refractivity contribution in [3.05, 3.63) is 89.9 Å². The molecule has 36 heavy (non-hydrogen) atoms. The van der Waals surface area contributed by atoms with Crippen molar-refractivity contribution in [2.75, 3.05) is 0 Å². The molecule has 188 valence electrons. The number of hydrogen-bond acceptors (Lipinski definition) is 4. The van der Waals surface area contributed by atoms with E-state index < -0.39 is 29.0 Å². The van der Waals surface area contributed by atoms with Crippen LogP contribution in [0.5, 0.6) is 0 Å². The summed E-state index contributed by atoms with van der Waals surface area (Å²) in [4.78, 5) is 17.3. The predicted molar refractivity (Wildman–Crippen MR) is 130 cm³/mol. The lowest BCUT2D eigenvalue weighted by Crippen LogP contribution is -2.48. The molecule has 0 spiro atoms. The Bertz CT molecular complexity index is 1360. The molecule has 1 atom stereocenters. The van der Waals surface area contributed by atoms with Crippen LogP contribution in [0.3, 0.4) is 0 Å². The molecule has 4 aromatic rings. The first-order valence-corrected chi connectivity index (χ1v) is 11.4. The summed E-state index contributed by atoms with van der Waals surface area (Å²) in [6.45, 7) is 7.24. The van der Waals surface area contributed by atoms with Crippen LogP contribution in [0.4, 0.5) is 18.0 Å². The maximum atomic E-state index is 13.0. The lowest BCUT2D eigenvalue weighted by molar-refractivity contribution is -0.137. The third-order valence-electron chi connectivity index (χ3n) is 5.67. The van der Waals surface area contributed by atoms with E-state index in [9.17, 15) is 18.0 Å². The van der Waals surface area contributed by atoms with E-state index in [0.29, 0.717) is 28.9 Å². The lowest BCUT2D eigenvalue weighted by atomic mass is 9.89. The van der Waals surface area contributed by atoms with Crippen molar-refractivity contribution in [3.8, 4) is 11.1 Å². The van der Waals surface area contributed by atoms with Gasteiger partial charge >= 0.3 is 12.3 Å². The van der Waals surface area contributed by atoms with Crippen molar-refractivity contribution in [1.82, 2.24) is 19.9 Å². The van der Waals surface area contributed by atoms with Crippen molar-refractivity contribution < 1.29 is 22.7 Å². The summed E-state index contributed by atoms with van der Waals surface area (Å²) < 4.78 is 46.2. The maximum Gasteiger partial charge on any atom is 0.416 e. The molecule has 1 amide bonds. The van der Waals surface area contributed by atoms with Crippen LogP contribution < -0.4 is 5.32 Å². The second-order valence-corrected chi connectivity index (χ2v) is 9.82. The Morgan fingerprint density at radius 1 is 0.972 bits per heavy atom. The number of nitrogens with zero attached hydrogens (tertiary/aromatic N) is 3. The summed E-state index contributed by atoms with van der Waals surface area (Å²) in [5.41, 5.74) is 0.834. The summed E-state index contributed by atoms with van der Waals surface area (Å²) >= 11 is 0. The number of alkyl carbamates (subject to hydrolysis) is 1. The molecule has 2 aromatic heterocycles. The van der Waals surface area contributed by atoms with Gasteiger partial charge in [-0.05, 0) is 57.0 Å². The molecule has 0 radical (unpaired) electrons. The highest BCUT2D eigenvalue weighted by Gasteiger charge is 2.34. The van der Waals surface area contributed by atoms with Crippen LogP contribution in [0.15, 0.2) is 73.1 Å². The first-order valence-electron chi connectivity index (χ1n) is 11.4. The van der Waals surface area contributed by atoms with Crippen LogP contribution in [0.2, 0.25) is 0 Å². The lowest BCUT2D eigenvalue weighted by Gasteiger charge is -2.32. The van der Waals surface area contributed by atoms with Crippen molar-refractivity contribution in [3.63, 3.8) is 0 Å². The normalized spacial score (nSPS) is 13.9. The maximum absolute atomic E-state index is 13.0. The number of ether oxygens (including phenoxy) is 1. The molecule has 0 saturated carbocycles. The number of hydrogen-bond donors (Lipinski definition) is 1. The van der Waals surface area contributed by atoms with E-state index in [1.807, 2.05) is 37.3 Å². The smallest absolute Gasteiger partial charge is 0.416 e. The Kier molecular flexibility index (Phi) is 6.51. The number of rotatable bonds is 5. The van der Waals surface area contributed by atoms with Gasteiger partial charge in [0, 0.05) is 18.2 Å². The van der Waals surface area contributed by atoms with Crippen molar-refractivity contribution in [2.24, 2.45) is 0 Å². The average molecular weight is 497 g/mol. The van der Waals surface area contributed by atoms with Crippen LogP contribution >= 0.6 is 0 Å². The van der Waals surface area contributed by atoms with Gasteiger partial charge in [0.15, 0.2) is 5.65 Å². The Balaban J connectivity index is 1.78. The third-order valence-corrected chi connectivity index (χ3v) is 5.67. The van der Waals surface area contributed by atoms with Crippen molar-refractivity contribution in [2.45, 2.75) is 51.4 Å². The van der Waals surface area contributed by atoms with Gasteiger partial charge in [0.1, 0.15) is 5.60 Å². The first-order chi connectivity index (χ1) is 16.9. The number of halogens is 3. The number of carbonyl (C=O) groups is 1. The van der Waals surface area contributed by atoms with Gasteiger partial charge in [-0.1, -0.05) is 42.5 Å². The highest BCUT2D eigenvalue weighted by molar-refractivity contribution is 5.77. The number of carbonyl (C=O) groups excluding carboxylic acids is 1. The van der Waals surface area contributed by atoms with Gasteiger partial charge in [-0.2, -0.15) is 18.3 Å². The van der Waals surface area contributed by atoms with Gasteiger partial charge in [-0.25, -0.2) is 14.3 Å². The standard InChI is InChI=1S/C27H27F3N4O2/c1-25(2,3)36-24(35)33-26(4,16-18-8-6-5-7-9-18)22-14-15-31-23-21(17-32-34(22)23)19-10-12-20(13-11-19)27(28,29)30/h5-15,17H,16H2,1-4H3,(H,33,35). The zero-order chi connectivity index (χ0) is 26.1. The molecule has 4 rings (SSSR count). The minimum atomic E-state index is -4.42. The summed E-state index contributed by atoms with van der Waals surface area (Å²) in [5, 5.41) is 7.50. The van der Waals surface area contributed by atoms with Gasteiger partial charge in [-0.3, -0.25) is 0 Å². The molecule has 2 heterocycles. The van der Waals surface area contributed by atoms with E-state index in [1.54, 1.807) is 43.7 Å². The van der Waals surface area contributed by atoms with Crippen molar-refractivity contribution in [1.29, 1.82) is 0 Å². The van der Waals surface area contributed by atoms with E-state index >= 15 is 0 Å². The molecule has 0 aliphatic carbocycles. The number of fused-ring (bicyclic) bond motifs is 1. The van der Waals surface area contributed by atoms with Crippen LogP contribution in [-0.4, -0.2) is 26.3 Å². The van der Waals surface area contributed by atoms with Crippen LogP contribution in [0.25, 0.3) is 16.8 Å². The Labute approximate surface area is 207 Å². The summed E-state index contributed by atoms with van der Waals surface area (Å²) in [6.07, 6.45) is -1.41. The fraction of sp³-hybridized carbons (Fsp3) is 0.296. The van der Waals surface area contributed by atoms with Crippen molar-refractivity contribution >= 4 is 11.7 Å². The van der Waals surface area contributed by atoms with Crippen LogP contribution in [0.1, 0.15) is 44.5 Å². The predicted octanol–water partition coefficient (Wildman–Crippen LogP) is 6.40. The van der Waals surface area contributed by atoms with Gasteiger partial charge in [-0.15, -0.1) is 0 Å². The van der Waals surface area contributed by atoms with E-state index in [2.05, 4.69) is 15.4 Å². The first kappa shape index (κ1) is 25.2. The molecule has 2 aromatic carbocycles. The number of nitrogens with one attached hydrogen (secondary N) is 1. The molecular weight excluding hydrogens is 469 g/mol. The van der Waals surface area contributed by atoms with Gasteiger partial charge in [0.25, 0.3) is 0 Å². The largest absolute Gasteiger partial charge is 0.444 e. The third kappa shape index (κ3) is 5.50. The van der Waals surface area contributed by atoms with Crippen LogP contribution in [-0.2, 0) is 22.9 Å². The van der Waals surface area contributed by atoms with Crippen LogP contribution in [0, 0.1) is 0 Å². The summed E-state index contributed by atoms with van der Waals surface area (Å²) in [5.74, 6) is 0. The topological polar surface area (TPSA) is 68.5 Å². The molecule has 9 heteroatoms.